The molecule has 2 N–H and O–H groups in total. The molecular formula is C23H28ClNO6. The standard InChI is InChI=1S/C23H28ClNO6/c1-2-29-16-31-15-21(25-22(26)18-8-10-20(24)11-9-18)12-19(23(27)28)14-30-13-17-6-4-3-5-7-17/h3-11,19,21H,2,12-16H2,1H3,(H,25,26)(H,27,28)/t19-,21+/m1/s1. The van der Waals surface area contributed by atoms with Gasteiger partial charge in [-0.15, -0.1) is 0 Å². The summed E-state index contributed by atoms with van der Waals surface area (Å²) in [4.78, 5) is 24.4. The normalized spacial score (nSPS) is 12.8. The third-order valence-corrected chi connectivity index (χ3v) is 4.73. The number of nitrogens with one attached hydrogen (secondary N) is 1. The largest absolute Gasteiger partial charge is 0.481 e. The number of rotatable bonds is 14. The minimum absolute atomic E-state index is 0.0169. The van der Waals surface area contributed by atoms with Gasteiger partial charge in [-0.25, -0.2) is 0 Å². The van der Waals surface area contributed by atoms with Crippen LogP contribution in [0, 0.1) is 5.92 Å². The highest BCUT2D eigenvalue weighted by atomic mass is 35.5. The number of amides is 1. The summed E-state index contributed by atoms with van der Waals surface area (Å²) >= 11 is 5.87. The second-order valence-electron chi connectivity index (χ2n) is 6.93. The van der Waals surface area contributed by atoms with Gasteiger partial charge in [-0.2, -0.15) is 0 Å². The Hall–Kier alpha value is -2.45. The lowest BCUT2D eigenvalue weighted by Gasteiger charge is -2.22. The number of halogens is 1. The molecule has 2 aromatic carbocycles. The van der Waals surface area contributed by atoms with Gasteiger partial charge in [0.05, 0.1) is 31.8 Å². The first-order valence-electron chi connectivity index (χ1n) is 10.1. The number of carbonyl (C=O) groups is 2. The van der Waals surface area contributed by atoms with Gasteiger partial charge in [-0.1, -0.05) is 41.9 Å². The lowest BCUT2D eigenvalue weighted by molar-refractivity contribution is -0.145. The highest BCUT2D eigenvalue weighted by molar-refractivity contribution is 6.30. The second-order valence-corrected chi connectivity index (χ2v) is 7.37. The zero-order chi connectivity index (χ0) is 22.5. The zero-order valence-electron chi connectivity index (χ0n) is 17.5. The Morgan fingerprint density at radius 2 is 1.71 bits per heavy atom. The van der Waals surface area contributed by atoms with E-state index in [0.29, 0.717) is 23.8 Å². The Labute approximate surface area is 187 Å². The summed E-state index contributed by atoms with van der Waals surface area (Å²) in [5.41, 5.74) is 1.38. The molecule has 2 aromatic rings. The molecule has 1 amide bonds. The van der Waals surface area contributed by atoms with Gasteiger partial charge >= 0.3 is 5.97 Å². The minimum Gasteiger partial charge on any atom is -0.481 e. The maximum absolute atomic E-state index is 12.6. The van der Waals surface area contributed by atoms with E-state index in [4.69, 9.17) is 25.8 Å². The number of ether oxygens (including phenoxy) is 3. The van der Waals surface area contributed by atoms with Gasteiger partial charge in [0, 0.05) is 17.2 Å². The SMILES string of the molecule is CCOCOC[C@H](C[C@H](COCc1ccccc1)C(=O)O)NC(=O)c1ccc(Cl)cc1. The molecule has 8 heteroatoms. The molecule has 0 aliphatic carbocycles. The molecule has 0 radical (unpaired) electrons. The van der Waals surface area contributed by atoms with Gasteiger partial charge < -0.3 is 24.6 Å². The van der Waals surface area contributed by atoms with Crippen molar-refractivity contribution in [2.45, 2.75) is 26.0 Å². The average Bonchev–Trinajstić information content (AvgIpc) is 2.76. The third kappa shape index (κ3) is 9.48. The first kappa shape index (κ1) is 24.8. The van der Waals surface area contributed by atoms with Crippen LogP contribution in [0.15, 0.2) is 54.6 Å². The van der Waals surface area contributed by atoms with Gasteiger partial charge in [0.15, 0.2) is 0 Å². The van der Waals surface area contributed by atoms with Crippen LogP contribution in [0.4, 0.5) is 0 Å². The fourth-order valence-electron chi connectivity index (χ4n) is 2.85. The molecule has 0 aliphatic heterocycles. The molecule has 31 heavy (non-hydrogen) atoms. The molecule has 7 nitrogen and oxygen atoms in total. The third-order valence-electron chi connectivity index (χ3n) is 4.48. The molecule has 2 rings (SSSR count). The molecule has 0 saturated heterocycles. The van der Waals surface area contributed by atoms with E-state index in [1.807, 2.05) is 37.3 Å². The molecule has 0 spiro atoms. The fraction of sp³-hybridized carbons (Fsp3) is 0.391. The number of carboxylic acid groups (broad SMARTS) is 1. The van der Waals surface area contributed by atoms with Crippen LogP contribution in [-0.4, -0.2) is 49.6 Å². The predicted octanol–water partition coefficient (Wildman–Crippen LogP) is 3.76. The lowest BCUT2D eigenvalue weighted by atomic mass is 10.0. The molecule has 0 fully saturated rings. The van der Waals surface area contributed by atoms with Crippen LogP contribution < -0.4 is 5.32 Å². The molecule has 0 aromatic heterocycles. The van der Waals surface area contributed by atoms with Crippen LogP contribution in [0.2, 0.25) is 5.02 Å². The summed E-state index contributed by atoms with van der Waals surface area (Å²) in [5, 5.41) is 13.0. The molecule has 168 valence electrons. The molecular weight excluding hydrogens is 422 g/mol. The summed E-state index contributed by atoms with van der Waals surface area (Å²) in [5.74, 6) is -2.14. The van der Waals surface area contributed by atoms with Crippen molar-refractivity contribution in [3.8, 4) is 0 Å². The van der Waals surface area contributed by atoms with Crippen molar-refractivity contribution < 1.29 is 28.9 Å². The molecule has 0 saturated carbocycles. The number of benzene rings is 2. The second kappa shape index (κ2) is 13.8. The number of carboxylic acids is 1. The van der Waals surface area contributed by atoms with E-state index in [0.717, 1.165) is 5.56 Å². The first-order valence-corrected chi connectivity index (χ1v) is 10.4. The monoisotopic (exact) mass is 449 g/mol. The van der Waals surface area contributed by atoms with Gasteiger partial charge in [-0.3, -0.25) is 9.59 Å². The lowest BCUT2D eigenvalue weighted by Crippen LogP contribution is -2.41. The Morgan fingerprint density at radius 3 is 2.35 bits per heavy atom. The predicted molar refractivity (Wildman–Crippen MR) is 117 cm³/mol. The van der Waals surface area contributed by atoms with Crippen molar-refractivity contribution in [2.75, 3.05) is 26.6 Å². The summed E-state index contributed by atoms with van der Waals surface area (Å²) in [6.07, 6.45) is 0.148. The van der Waals surface area contributed by atoms with Crippen LogP contribution in [0.25, 0.3) is 0 Å². The van der Waals surface area contributed by atoms with Gasteiger partial charge in [0.25, 0.3) is 5.91 Å². The summed E-state index contributed by atoms with van der Waals surface area (Å²) in [6, 6.07) is 15.4. The minimum atomic E-state index is -0.997. The maximum atomic E-state index is 12.6. The van der Waals surface area contributed by atoms with Crippen molar-refractivity contribution in [3.05, 3.63) is 70.7 Å². The van der Waals surface area contributed by atoms with Crippen LogP contribution in [0.5, 0.6) is 0 Å². The zero-order valence-corrected chi connectivity index (χ0v) is 18.2. The van der Waals surface area contributed by atoms with Crippen LogP contribution in [0.1, 0.15) is 29.3 Å². The number of carbonyl (C=O) groups excluding carboxylic acids is 1. The van der Waals surface area contributed by atoms with Crippen molar-refractivity contribution in [3.63, 3.8) is 0 Å². The Morgan fingerprint density at radius 1 is 1.00 bits per heavy atom. The van der Waals surface area contributed by atoms with E-state index >= 15 is 0 Å². The highest BCUT2D eigenvalue weighted by Crippen LogP contribution is 2.13. The smallest absolute Gasteiger partial charge is 0.308 e. The summed E-state index contributed by atoms with van der Waals surface area (Å²) < 4.78 is 16.2. The van der Waals surface area contributed by atoms with Crippen molar-refractivity contribution >= 4 is 23.5 Å². The van der Waals surface area contributed by atoms with Crippen molar-refractivity contribution in [1.82, 2.24) is 5.32 Å². The molecule has 0 aliphatic rings. The van der Waals surface area contributed by atoms with E-state index < -0.39 is 17.9 Å². The first-order chi connectivity index (χ1) is 15.0. The van der Waals surface area contributed by atoms with E-state index in [2.05, 4.69) is 5.32 Å². The average molecular weight is 450 g/mol. The van der Waals surface area contributed by atoms with Crippen molar-refractivity contribution in [2.24, 2.45) is 5.92 Å². The Balaban J connectivity index is 1.97. The summed E-state index contributed by atoms with van der Waals surface area (Å²) in [6.45, 7) is 2.84. The molecule has 0 bridgehead atoms. The molecule has 0 unspecified atom stereocenters. The van der Waals surface area contributed by atoms with Crippen LogP contribution in [-0.2, 0) is 25.6 Å². The quantitative estimate of drug-likeness (QED) is 0.337. The number of hydrogen-bond donors (Lipinski definition) is 2. The maximum Gasteiger partial charge on any atom is 0.308 e. The van der Waals surface area contributed by atoms with Crippen LogP contribution in [0.3, 0.4) is 0 Å². The number of hydrogen-bond acceptors (Lipinski definition) is 5. The Kier molecular flexibility index (Phi) is 11.0. The van der Waals surface area contributed by atoms with E-state index in [1.54, 1.807) is 24.3 Å². The van der Waals surface area contributed by atoms with Gasteiger partial charge in [0.1, 0.15) is 6.79 Å². The molecule has 2 atom stereocenters. The van der Waals surface area contributed by atoms with Gasteiger partial charge in [0.2, 0.25) is 0 Å². The Bertz CT molecular complexity index is 799. The molecule has 0 heterocycles. The summed E-state index contributed by atoms with van der Waals surface area (Å²) in [7, 11) is 0. The van der Waals surface area contributed by atoms with E-state index in [1.165, 1.54) is 0 Å². The highest BCUT2D eigenvalue weighted by Gasteiger charge is 2.25. The van der Waals surface area contributed by atoms with E-state index in [9.17, 15) is 14.7 Å². The van der Waals surface area contributed by atoms with Gasteiger partial charge in [-0.05, 0) is 43.2 Å². The fourth-order valence-corrected chi connectivity index (χ4v) is 2.97. The topological polar surface area (TPSA) is 94.1 Å². The van der Waals surface area contributed by atoms with E-state index in [-0.39, 0.29) is 32.3 Å². The van der Waals surface area contributed by atoms with Crippen LogP contribution >= 0.6 is 11.6 Å². The van der Waals surface area contributed by atoms with Crippen molar-refractivity contribution in [1.29, 1.82) is 0 Å². The number of aliphatic carboxylic acids is 1.